The summed E-state index contributed by atoms with van der Waals surface area (Å²) in [6.07, 6.45) is 1.35. The smallest absolute Gasteiger partial charge is 0.258 e. The molecule has 0 fully saturated rings. The van der Waals surface area contributed by atoms with Gasteiger partial charge in [0, 0.05) is 22.9 Å². The molecule has 2 heterocycles. The number of anilines is 1. The first kappa shape index (κ1) is 18.5. The normalized spacial score (nSPS) is 11.1. The Bertz CT molecular complexity index is 1140. The molecule has 4 rings (SSSR count). The molecule has 142 valence electrons. The highest BCUT2D eigenvalue weighted by Gasteiger charge is 2.16. The van der Waals surface area contributed by atoms with E-state index >= 15 is 0 Å². The van der Waals surface area contributed by atoms with E-state index in [1.165, 1.54) is 18.2 Å². The number of aromatic nitrogens is 4. The van der Waals surface area contributed by atoms with Gasteiger partial charge >= 0.3 is 0 Å². The van der Waals surface area contributed by atoms with Crippen LogP contribution in [0, 0.1) is 0 Å². The third-order valence-electron chi connectivity index (χ3n) is 4.17. The standard InChI is InChI=1S/C19H16ClN5O2S/c1-2-25-18(22-17(26)12-7-8-16-15(9-12)21-11-27-16)23-24-19(25)28-10-13-5-3-4-6-14(13)20/h3-9,11H,2,10H2,1H3,(H,22,23,26). The van der Waals surface area contributed by atoms with Crippen LogP contribution in [0.3, 0.4) is 0 Å². The van der Waals surface area contributed by atoms with E-state index in [9.17, 15) is 4.79 Å². The summed E-state index contributed by atoms with van der Waals surface area (Å²) in [6, 6.07) is 12.8. The molecule has 0 saturated heterocycles. The van der Waals surface area contributed by atoms with Gasteiger partial charge in [0.15, 0.2) is 17.1 Å². The lowest BCUT2D eigenvalue weighted by molar-refractivity contribution is 0.102. The van der Waals surface area contributed by atoms with Crippen LogP contribution in [0.2, 0.25) is 5.02 Å². The van der Waals surface area contributed by atoms with E-state index in [-0.39, 0.29) is 5.91 Å². The summed E-state index contributed by atoms with van der Waals surface area (Å²) in [4.78, 5) is 16.7. The summed E-state index contributed by atoms with van der Waals surface area (Å²) < 4.78 is 7.06. The molecule has 0 radical (unpaired) electrons. The first-order valence-electron chi connectivity index (χ1n) is 8.59. The minimum Gasteiger partial charge on any atom is -0.443 e. The minimum absolute atomic E-state index is 0.283. The van der Waals surface area contributed by atoms with Crippen LogP contribution in [0.5, 0.6) is 0 Å². The van der Waals surface area contributed by atoms with Gasteiger partial charge in [-0.2, -0.15) is 0 Å². The van der Waals surface area contributed by atoms with Crippen LogP contribution in [-0.2, 0) is 12.3 Å². The van der Waals surface area contributed by atoms with Gasteiger partial charge in [0.05, 0.1) is 0 Å². The fraction of sp³-hybridized carbons (Fsp3) is 0.158. The lowest BCUT2D eigenvalue weighted by atomic mass is 10.2. The zero-order valence-corrected chi connectivity index (χ0v) is 16.5. The average molecular weight is 414 g/mol. The number of oxazole rings is 1. The lowest BCUT2D eigenvalue weighted by Gasteiger charge is -2.09. The Kier molecular flexibility index (Phi) is 5.31. The number of nitrogens with one attached hydrogen (secondary N) is 1. The number of rotatable bonds is 6. The van der Waals surface area contributed by atoms with Gasteiger partial charge in [0.2, 0.25) is 5.95 Å². The summed E-state index contributed by atoms with van der Waals surface area (Å²) in [5.74, 6) is 0.776. The molecule has 7 nitrogen and oxygen atoms in total. The van der Waals surface area contributed by atoms with Crippen molar-refractivity contribution in [1.82, 2.24) is 19.7 Å². The molecule has 4 aromatic rings. The summed E-state index contributed by atoms with van der Waals surface area (Å²) >= 11 is 7.73. The Morgan fingerprint density at radius 2 is 2.11 bits per heavy atom. The summed E-state index contributed by atoms with van der Waals surface area (Å²) in [7, 11) is 0. The Hall–Kier alpha value is -2.84. The number of nitrogens with zero attached hydrogens (tertiary/aromatic N) is 4. The van der Waals surface area contributed by atoms with E-state index in [0.29, 0.717) is 45.1 Å². The fourth-order valence-electron chi connectivity index (χ4n) is 2.70. The number of thioether (sulfide) groups is 1. The van der Waals surface area contributed by atoms with Crippen molar-refractivity contribution in [2.75, 3.05) is 5.32 Å². The third-order valence-corrected chi connectivity index (χ3v) is 5.55. The average Bonchev–Trinajstić information content (AvgIpc) is 3.33. The van der Waals surface area contributed by atoms with Crippen molar-refractivity contribution in [2.24, 2.45) is 0 Å². The number of carbonyl (C=O) groups excluding carboxylic acids is 1. The first-order chi connectivity index (χ1) is 13.7. The zero-order valence-electron chi connectivity index (χ0n) is 14.9. The predicted molar refractivity (Wildman–Crippen MR) is 109 cm³/mol. The minimum atomic E-state index is -0.283. The number of benzene rings is 2. The number of hydrogen-bond acceptors (Lipinski definition) is 6. The van der Waals surface area contributed by atoms with Crippen LogP contribution >= 0.6 is 23.4 Å². The monoisotopic (exact) mass is 413 g/mol. The van der Waals surface area contributed by atoms with Crippen LogP contribution in [0.15, 0.2) is 58.4 Å². The molecule has 1 N–H and O–H groups in total. The largest absolute Gasteiger partial charge is 0.443 e. The van der Waals surface area contributed by atoms with Gasteiger partial charge in [0.1, 0.15) is 5.52 Å². The zero-order chi connectivity index (χ0) is 19.5. The molecule has 0 bridgehead atoms. The Balaban J connectivity index is 1.50. The van der Waals surface area contributed by atoms with Gasteiger partial charge in [-0.25, -0.2) is 4.98 Å². The molecule has 0 unspecified atom stereocenters. The number of amides is 1. The van der Waals surface area contributed by atoms with E-state index in [4.69, 9.17) is 16.0 Å². The molecule has 28 heavy (non-hydrogen) atoms. The number of hydrogen-bond donors (Lipinski definition) is 1. The number of carbonyl (C=O) groups is 1. The topological polar surface area (TPSA) is 85.8 Å². The quantitative estimate of drug-likeness (QED) is 0.463. The van der Waals surface area contributed by atoms with Crippen LogP contribution in [0.25, 0.3) is 11.1 Å². The highest BCUT2D eigenvalue weighted by Crippen LogP contribution is 2.27. The van der Waals surface area contributed by atoms with Crippen molar-refractivity contribution in [3.63, 3.8) is 0 Å². The maximum Gasteiger partial charge on any atom is 0.258 e. The fourth-order valence-corrected chi connectivity index (χ4v) is 3.99. The second kappa shape index (κ2) is 8.04. The first-order valence-corrected chi connectivity index (χ1v) is 9.96. The Labute approximate surface area is 170 Å². The summed E-state index contributed by atoms with van der Waals surface area (Å²) in [6.45, 7) is 2.59. The third kappa shape index (κ3) is 3.74. The van der Waals surface area contributed by atoms with Crippen LogP contribution in [0.1, 0.15) is 22.8 Å². The van der Waals surface area contributed by atoms with Crippen LogP contribution < -0.4 is 5.32 Å². The molecular weight excluding hydrogens is 398 g/mol. The van der Waals surface area contributed by atoms with Gasteiger partial charge in [0.25, 0.3) is 5.91 Å². The molecule has 0 atom stereocenters. The van der Waals surface area contributed by atoms with E-state index in [1.807, 2.05) is 35.8 Å². The van der Waals surface area contributed by atoms with E-state index in [0.717, 1.165) is 5.56 Å². The number of fused-ring (bicyclic) bond motifs is 1. The SMILES string of the molecule is CCn1c(NC(=O)c2ccc3ocnc3c2)nnc1SCc1ccccc1Cl. The van der Waals surface area contributed by atoms with Crippen molar-refractivity contribution in [1.29, 1.82) is 0 Å². The molecule has 1 amide bonds. The van der Waals surface area contributed by atoms with Crippen LogP contribution in [0.4, 0.5) is 5.95 Å². The maximum atomic E-state index is 12.6. The molecule has 0 aliphatic carbocycles. The summed E-state index contributed by atoms with van der Waals surface area (Å²) in [5, 5.41) is 12.6. The second-order valence-corrected chi connectivity index (χ2v) is 7.27. The molecule has 2 aromatic heterocycles. The van der Waals surface area contributed by atoms with Gasteiger partial charge in [-0.05, 0) is 36.8 Å². The van der Waals surface area contributed by atoms with Crippen LogP contribution in [-0.4, -0.2) is 25.7 Å². The number of halogens is 1. The molecular formula is C19H16ClN5O2S. The van der Waals surface area contributed by atoms with Gasteiger partial charge in [-0.3, -0.25) is 14.7 Å². The molecule has 0 spiro atoms. The van der Waals surface area contributed by atoms with E-state index in [2.05, 4.69) is 20.5 Å². The summed E-state index contributed by atoms with van der Waals surface area (Å²) in [5.41, 5.74) is 2.75. The molecule has 9 heteroatoms. The lowest BCUT2D eigenvalue weighted by Crippen LogP contribution is -2.16. The second-order valence-electron chi connectivity index (χ2n) is 5.92. The Morgan fingerprint density at radius 3 is 2.93 bits per heavy atom. The molecule has 0 aliphatic rings. The van der Waals surface area contributed by atoms with E-state index < -0.39 is 0 Å². The van der Waals surface area contributed by atoms with Crippen molar-refractivity contribution in [3.05, 3.63) is 65.0 Å². The van der Waals surface area contributed by atoms with Gasteiger partial charge in [-0.1, -0.05) is 41.6 Å². The highest BCUT2D eigenvalue weighted by molar-refractivity contribution is 7.98. The predicted octanol–water partition coefficient (Wildman–Crippen LogP) is 4.64. The van der Waals surface area contributed by atoms with Gasteiger partial charge in [-0.15, -0.1) is 10.2 Å². The Morgan fingerprint density at radius 1 is 1.25 bits per heavy atom. The van der Waals surface area contributed by atoms with Crippen molar-refractivity contribution in [2.45, 2.75) is 24.4 Å². The van der Waals surface area contributed by atoms with E-state index in [1.54, 1.807) is 18.2 Å². The van der Waals surface area contributed by atoms with Gasteiger partial charge < -0.3 is 4.42 Å². The molecule has 0 aliphatic heterocycles. The van der Waals surface area contributed by atoms with Crippen molar-refractivity contribution >= 4 is 46.3 Å². The highest BCUT2D eigenvalue weighted by atomic mass is 35.5. The molecule has 2 aromatic carbocycles. The van der Waals surface area contributed by atoms with Crippen molar-refractivity contribution in [3.8, 4) is 0 Å². The maximum absolute atomic E-state index is 12.6. The van der Waals surface area contributed by atoms with Crippen molar-refractivity contribution < 1.29 is 9.21 Å². The molecule has 0 saturated carbocycles.